The Kier molecular flexibility index (Phi) is 5.57. The number of rotatable bonds is 7. The van der Waals surface area contributed by atoms with Crippen LogP contribution in [0, 0.1) is 0 Å². The molecule has 5 nitrogen and oxygen atoms in total. The van der Waals surface area contributed by atoms with Crippen LogP contribution >= 0.6 is 0 Å². The van der Waals surface area contributed by atoms with Gasteiger partial charge >= 0.3 is 5.97 Å². The normalized spacial score (nSPS) is 11.6. The molecule has 0 saturated carbocycles. The third-order valence-corrected chi connectivity index (χ3v) is 3.97. The van der Waals surface area contributed by atoms with Gasteiger partial charge in [0.1, 0.15) is 5.71 Å². The van der Waals surface area contributed by atoms with Crippen LogP contribution in [0.5, 0.6) is 0 Å². The molecular formula is C20H21N3O2. The second-order valence-electron chi connectivity index (χ2n) is 5.90. The van der Waals surface area contributed by atoms with Crippen molar-refractivity contribution in [2.45, 2.75) is 32.7 Å². The molecule has 0 aliphatic rings. The Morgan fingerprint density at radius 3 is 2.80 bits per heavy atom. The van der Waals surface area contributed by atoms with E-state index in [1.165, 1.54) is 0 Å². The highest BCUT2D eigenvalue weighted by Crippen LogP contribution is 2.17. The molecule has 128 valence electrons. The second-order valence-corrected chi connectivity index (χ2v) is 5.90. The number of imidazole rings is 1. The van der Waals surface area contributed by atoms with E-state index in [0.29, 0.717) is 18.7 Å². The lowest BCUT2D eigenvalue weighted by molar-refractivity contribution is -0.143. The minimum Gasteiger partial charge on any atom is -0.331 e. The van der Waals surface area contributed by atoms with E-state index in [9.17, 15) is 4.79 Å². The Morgan fingerprint density at radius 1 is 1.20 bits per heavy atom. The molecule has 0 aliphatic heterocycles. The smallest absolute Gasteiger partial charge is 0.331 e. The fraction of sp³-hybridized carbons (Fsp3) is 0.250. The molecule has 0 N–H and O–H groups in total. The third kappa shape index (κ3) is 4.53. The molecule has 3 aromatic rings. The van der Waals surface area contributed by atoms with Crippen LogP contribution in [0.15, 0.2) is 66.3 Å². The first-order valence-corrected chi connectivity index (χ1v) is 8.48. The van der Waals surface area contributed by atoms with Crippen molar-refractivity contribution in [3.63, 3.8) is 0 Å². The van der Waals surface area contributed by atoms with Gasteiger partial charge in [-0.15, -0.1) is 0 Å². The van der Waals surface area contributed by atoms with Gasteiger partial charge in [0.15, 0.2) is 0 Å². The standard InChI is InChI=1S/C20H21N3O2/c1-2-3-8-20(24)25-22-19(14-23-12-11-21-15-23)18-10-9-16-6-4-5-7-17(16)13-18/h4-7,9-13,15H,2-3,8,14H2,1H3/b22-19-. The summed E-state index contributed by atoms with van der Waals surface area (Å²) in [6.45, 7) is 2.52. The molecule has 25 heavy (non-hydrogen) atoms. The number of aromatic nitrogens is 2. The van der Waals surface area contributed by atoms with Gasteiger partial charge in [-0.3, -0.25) is 0 Å². The van der Waals surface area contributed by atoms with Crippen LogP contribution in [-0.4, -0.2) is 21.2 Å². The van der Waals surface area contributed by atoms with Crippen molar-refractivity contribution >= 4 is 22.5 Å². The van der Waals surface area contributed by atoms with E-state index < -0.39 is 0 Å². The first-order valence-electron chi connectivity index (χ1n) is 8.48. The van der Waals surface area contributed by atoms with Gasteiger partial charge in [0.05, 0.1) is 12.9 Å². The Morgan fingerprint density at radius 2 is 2.04 bits per heavy atom. The summed E-state index contributed by atoms with van der Waals surface area (Å²) in [5.74, 6) is -0.300. The van der Waals surface area contributed by atoms with E-state index in [2.05, 4.69) is 28.3 Å². The third-order valence-electron chi connectivity index (χ3n) is 3.97. The molecule has 0 fully saturated rings. The summed E-state index contributed by atoms with van der Waals surface area (Å²) in [6.07, 6.45) is 7.43. The predicted octanol–water partition coefficient (Wildman–Crippen LogP) is 4.17. The number of unbranched alkanes of at least 4 members (excludes halogenated alkanes) is 1. The van der Waals surface area contributed by atoms with E-state index in [0.717, 1.165) is 29.2 Å². The molecule has 3 rings (SSSR count). The van der Waals surface area contributed by atoms with Crippen molar-refractivity contribution in [1.29, 1.82) is 0 Å². The molecule has 0 amide bonds. The molecule has 0 bridgehead atoms. The van der Waals surface area contributed by atoms with Crippen molar-refractivity contribution < 1.29 is 9.63 Å². The fourth-order valence-corrected chi connectivity index (χ4v) is 2.57. The summed E-state index contributed by atoms with van der Waals surface area (Å²) < 4.78 is 1.90. The molecule has 0 radical (unpaired) electrons. The Bertz CT molecular complexity index is 870. The lowest BCUT2D eigenvalue weighted by Gasteiger charge is -2.09. The maximum atomic E-state index is 11.8. The highest BCUT2D eigenvalue weighted by molar-refractivity contribution is 6.03. The minimum absolute atomic E-state index is 0.300. The van der Waals surface area contributed by atoms with Crippen molar-refractivity contribution in [3.05, 3.63) is 66.7 Å². The molecule has 5 heteroatoms. The van der Waals surface area contributed by atoms with Gasteiger partial charge in [-0.05, 0) is 23.3 Å². The fourth-order valence-electron chi connectivity index (χ4n) is 2.57. The van der Waals surface area contributed by atoms with Crippen molar-refractivity contribution in [3.8, 4) is 0 Å². The quantitative estimate of drug-likeness (QED) is 0.370. The van der Waals surface area contributed by atoms with Crippen LogP contribution in [0.3, 0.4) is 0 Å². The van der Waals surface area contributed by atoms with Crippen LogP contribution in [0.25, 0.3) is 10.8 Å². The van der Waals surface area contributed by atoms with Crippen LogP contribution in [0.2, 0.25) is 0 Å². The van der Waals surface area contributed by atoms with Crippen molar-refractivity contribution in [2.24, 2.45) is 5.16 Å². The number of hydrogen-bond donors (Lipinski definition) is 0. The second kappa shape index (κ2) is 8.24. The van der Waals surface area contributed by atoms with E-state index in [1.807, 2.05) is 42.0 Å². The van der Waals surface area contributed by atoms with E-state index in [4.69, 9.17) is 4.84 Å². The van der Waals surface area contributed by atoms with Crippen LogP contribution in [-0.2, 0) is 16.2 Å². The summed E-state index contributed by atoms with van der Waals surface area (Å²) in [7, 11) is 0. The number of hydrogen-bond acceptors (Lipinski definition) is 4. The van der Waals surface area contributed by atoms with E-state index in [-0.39, 0.29) is 5.97 Å². The zero-order valence-electron chi connectivity index (χ0n) is 14.3. The molecule has 0 aliphatic carbocycles. The minimum atomic E-state index is -0.300. The molecule has 1 aromatic heterocycles. The molecular weight excluding hydrogens is 314 g/mol. The molecule has 0 atom stereocenters. The molecule has 0 saturated heterocycles. The highest BCUT2D eigenvalue weighted by Gasteiger charge is 2.09. The summed E-state index contributed by atoms with van der Waals surface area (Å²) in [5.41, 5.74) is 1.62. The average molecular weight is 335 g/mol. The number of carbonyl (C=O) groups excluding carboxylic acids is 1. The van der Waals surface area contributed by atoms with Gasteiger partial charge in [-0.1, -0.05) is 54.9 Å². The van der Waals surface area contributed by atoms with Gasteiger partial charge in [0.25, 0.3) is 0 Å². The lowest BCUT2D eigenvalue weighted by atomic mass is 10.0. The van der Waals surface area contributed by atoms with Crippen LogP contribution < -0.4 is 0 Å². The Balaban J connectivity index is 1.87. The van der Waals surface area contributed by atoms with Gasteiger partial charge < -0.3 is 9.40 Å². The maximum Gasteiger partial charge on any atom is 0.335 e. The summed E-state index contributed by atoms with van der Waals surface area (Å²) in [5, 5.41) is 6.43. The zero-order valence-corrected chi connectivity index (χ0v) is 14.3. The highest BCUT2D eigenvalue weighted by atomic mass is 16.7. The SMILES string of the molecule is CCCCC(=O)O/N=C(/Cn1ccnc1)c1ccc2ccccc2c1. The van der Waals surface area contributed by atoms with Crippen molar-refractivity contribution in [1.82, 2.24) is 9.55 Å². The van der Waals surface area contributed by atoms with Gasteiger partial charge in [-0.2, -0.15) is 0 Å². The molecule has 0 spiro atoms. The number of benzene rings is 2. The van der Waals surface area contributed by atoms with E-state index >= 15 is 0 Å². The summed E-state index contributed by atoms with van der Waals surface area (Å²) in [6, 6.07) is 14.2. The number of oxime groups is 1. The topological polar surface area (TPSA) is 56.5 Å². The largest absolute Gasteiger partial charge is 0.335 e. The van der Waals surface area contributed by atoms with Crippen molar-refractivity contribution in [2.75, 3.05) is 0 Å². The lowest BCUT2D eigenvalue weighted by Crippen LogP contribution is -2.12. The average Bonchev–Trinajstić information content (AvgIpc) is 3.16. The Labute approximate surface area is 146 Å². The number of nitrogens with zero attached hydrogens (tertiary/aromatic N) is 3. The number of fused-ring (bicyclic) bond motifs is 1. The molecule has 1 heterocycles. The van der Waals surface area contributed by atoms with Gasteiger partial charge in [0.2, 0.25) is 0 Å². The molecule has 2 aromatic carbocycles. The zero-order chi connectivity index (χ0) is 17.5. The first kappa shape index (κ1) is 16.9. The number of carbonyl (C=O) groups is 1. The van der Waals surface area contributed by atoms with Gasteiger partial charge in [-0.25, -0.2) is 9.78 Å². The first-order chi connectivity index (χ1) is 12.3. The van der Waals surface area contributed by atoms with E-state index in [1.54, 1.807) is 12.5 Å². The molecule has 0 unspecified atom stereocenters. The predicted molar refractivity (Wildman–Crippen MR) is 98.3 cm³/mol. The summed E-state index contributed by atoms with van der Waals surface area (Å²) >= 11 is 0. The van der Waals surface area contributed by atoms with Crippen LogP contribution in [0.1, 0.15) is 31.7 Å². The van der Waals surface area contributed by atoms with Gasteiger partial charge in [0, 0.05) is 24.4 Å². The van der Waals surface area contributed by atoms with Crippen LogP contribution in [0.4, 0.5) is 0 Å². The summed E-state index contributed by atoms with van der Waals surface area (Å²) in [4.78, 5) is 21.0. The maximum absolute atomic E-state index is 11.8. The monoisotopic (exact) mass is 335 g/mol. The Hall–Kier alpha value is -2.95.